The highest BCUT2D eigenvalue weighted by Crippen LogP contribution is 2.39. The molecule has 0 aliphatic heterocycles. The van der Waals surface area contributed by atoms with Gasteiger partial charge < -0.3 is 5.11 Å². The monoisotopic (exact) mass is 219 g/mol. The molecule has 0 amide bonds. The topological polar surface area (TPSA) is 63.6 Å². The maximum atomic E-state index is 11.5. The minimum atomic E-state index is -1.64. The first-order valence-corrected chi connectivity index (χ1v) is 6.26. The van der Waals surface area contributed by atoms with Crippen LogP contribution in [0.15, 0.2) is 0 Å². The number of rotatable bonds is 5. The third-order valence-electron chi connectivity index (χ3n) is 2.41. The molecule has 1 N–H and O–H groups in total. The number of carboxylic acids is 1. The number of hydrogen-bond acceptors (Lipinski definition) is 3. The van der Waals surface area contributed by atoms with Crippen LogP contribution in [0, 0.1) is 0 Å². The molecule has 80 valence electrons. The average Bonchev–Trinajstić information content (AvgIpc) is 2.18. The summed E-state index contributed by atoms with van der Waals surface area (Å²) in [6, 6.07) is 0. The van der Waals surface area contributed by atoms with Crippen molar-refractivity contribution in [3.05, 3.63) is 0 Å². The summed E-state index contributed by atoms with van der Waals surface area (Å²) < 4.78 is 16.5. The fourth-order valence-corrected chi connectivity index (χ4v) is 2.89. The Hall–Kier alpha value is -0.470. The van der Waals surface area contributed by atoms with Gasteiger partial charge in [-0.1, -0.05) is 6.42 Å². The van der Waals surface area contributed by atoms with Crippen molar-refractivity contribution in [1.29, 1.82) is 0 Å². The van der Waals surface area contributed by atoms with Gasteiger partial charge in [0.2, 0.25) is 0 Å². The van der Waals surface area contributed by atoms with Gasteiger partial charge in [-0.3, -0.25) is 4.79 Å². The molecule has 1 aliphatic rings. The second-order valence-electron chi connectivity index (χ2n) is 3.55. The highest BCUT2D eigenvalue weighted by molar-refractivity contribution is 7.40. The Kier molecular flexibility index (Phi) is 5.05. The number of hydrogen-bond donors (Lipinski definition) is 1. The van der Waals surface area contributed by atoms with Crippen LogP contribution in [-0.2, 0) is 13.9 Å². The predicted molar refractivity (Wildman–Crippen MR) is 52.7 cm³/mol. The second kappa shape index (κ2) is 6.10. The molecule has 0 saturated heterocycles. The van der Waals surface area contributed by atoms with Gasteiger partial charge in [0.1, 0.15) is 6.61 Å². The number of carboxylic acid groups (broad SMARTS) is 1. The van der Waals surface area contributed by atoms with E-state index in [9.17, 15) is 9.36 Å². The van der Waals surface area contributed by atoms with Crippen LogP contribution in [0.3, 0.4) is 0 Å². The van der Waals surface area contributed by atoms with E-state index in [1.807, 2.05) is 0 Å². The molecular weight excluding hydrogens is 203 g/mol. The van der Waals surface area contributed by atoms with Crippen molar-refractivity contribution in [1.82, 2.24) is 0 Å². The minimum absolute atomic E-state index is 0.0617. The van der Waals surface area contributed by atoms with E-state index < -0.39 is 14.0 Å². The van der Waals surface area contributed by atoms with Crippen molar-refractivity contribution in [2.45, 2.75) is 44.2 Å². The van der Waals surface area contributed by atoms with Crippen LogP contribution >= 0.6 is 8.03 Å². The van der Waals surface area contributed by atoms with Crippen molar-refractivity contribution < 1.29 is 19.0 Å². The van der Waals surface area contributed by atoms with Gasteiger partial charge in [0.25, 0.3) is 0 Å². The molecule has 5 heteroatoms. The Morgan fingerprint density at radius 1 is 1.36 bits per heavy atom. The van der Waals surface area contributed by atoms with Crippen LogP contribution in [0.25, 0.3) is 0 Å². The lowest BCUT2D eigenvalue weighted by molar-refractivity contribution is -0.137. The smallest absolute Gasteiger partial charge is 0.481 e. The maximum Gasteiger partial charge on any atom is 0.511 e. The Labute approximate surface area is 84.5 Å². The molecule has 4 nitrogen and oxygen atoms in total. The van der Waals surface area contributed by atoms with E-state index in [2.05, 4.69) is 0 Å². The van der Waals surface area contributed by atoms with Gasteiger partial charge in [-0.15, -0.1) is 4.52 Å². The summed E-state index contributed by atoms with van der Waals surface area (Å²) >= 11 is 0. The molecule has 1 atom stereocenters. The molecule has 1 saturated carbocycles. The Bertz CT molecular complexity index is 211. The molecule has 0 aromatic rings. The van der Waals surface area contributed by atoms with Crippen LogP contribution in [0.5, 0.6) is 0 Å². The highest BCUT2D eigenvalue weighted by atomic mass is 31.1. The SMILES string of the molecule is O=C(O)CCO[P+](=O)C1CCCCC1. The average molecular weight is 219 g/mol. The lowest BCUT2D eigenvalue weighted by Gasteiger charge is -2.11. The molecule has 0 bridgehead atoms. The molecule has 14 heavy (non-hydrogen) atoms. The van der Waals surface area contributed by atoms with Crippen molar-refractivity contribution in [3.63, 3.8) is 0 Å². The van der Waals surface area contributed by atoms with Gasteiger partial charge in [0.15, 0.2) is 5.66 Å². The van der Waals surface area contributed by atoms with E-state index in [0.717, 1.165) is 25.7 Å². The van der Waals surface area contributed by atoms with Gasteiger partial charge >= 0.3 is 14.0 Å². The zero-order valence-corrected chi connectivity index (χ0v) is 9.04. The third-order valence-corrected chi connectivity index (χ3v) is 3.96. The third kappa shape index (κ3) is 4.16. The van der Waals surface area contributed by atoms with E-state index in [1.54, 1.807) is 0 Å². The molecular formula is C9H16O4P+. The first-order chi connectivity index (χ1) is 6.70. The van der Waals surface area contributed by atoms with Crippen LogP contribution in [-0.4, -0.2) is 23.3 Å². The van der Waals surface area contributed by atoms with Crippen molar-refractivity contribution >= 4 is 14.0 Å². The molecule has 0 aromatic heterocycles. The first-order valence-electron chi connectivity index (χ1n) is 5.01. The van der Waals surface area contributed by atoms with Crippen LogP contribution in [0.2, 0.25) is 0 Å². The van der Waals surface area contributed by atoms with E-state index in [0.29, 0.717) is 0 Å². The fraction of sp³-hybridized carbons (Fsp3) is 0.889. The lowest BCUT2D eigenvalue weighted by Crippen LogP contribution is -2.09. The van der Waals surface area contributed by atoms with E-state index in [1.165, 1.54) is 6.42 Å². The first kappa shape index (κ1) is 11.6. The van der Waals surface area contributed by atoms with Gasteiger partial charge in [-0.25, -0.2) is 0 Å². The van der Waals surface area contributed by atoms with E-state index in [-0.39, 0.29) is 18.7 Å². The fourth-order valence-electron chi connectivity index (χ4n) is 1.62. The molecule has 1 aliphatic carbocycles. The van der Waals surface area contributed by atoms with E-state index in [4.69, 9.17) is 9.63 Å². The van der Waals surface area contributed by atoms with Gasteiger partial charge in [0, 0.05) is 0 Å². The van der Waals surface area contributed by atoms with E-state index >= 15 is 0 Å². The Balaban J connectivity index is 2.16. The zero-order valence-electron chi connectivity index (χ0n) is 8.15. The van der Waals surface area contributed by atoms with Gasteiger partial charge in [0.05, 0.1) is 6.42 Å². The van der Waals surface area contributed by atoms with Gasteiger partial charge in [-0.05, 0) is 30.2 Å². The lowest BCUT2D eigenvalue weighted by atomic mass is 10.0. The van der Waals surface area contributed by atoms with Gasteiger partial charge in [-0.2, -0.15) is 0 Å². The summed E-state index contributed by atoms with van der Waals surface area (Å²) in [5.41, 5.74) is 0.160. The maximum absolute atomic E-state index is 11.5. The second-order valence-corrected chi connectivity index (χ2v) is 5.11. The standard InChI is InChI=1S/C9H15O4P/c10-9(11)6-7-13-14(12)8-4-2-1-3-5-8/h8H,1-7H2/p+1. The molecule has 1 rings (SSSR count). The molecule has 0 aromatic carbocycles. The predicted octanol–water partition coefficient (Wildman–Crippen LogP) is 2.55. The van der Waals surface area contributed by atoms with Crippen LogP contribution in [0.1, 0.15) is 38.5 Å². The summed E-state index contributed by atoms with van der Waals surface area (Å²) in [6.45, 7) is 0.0705. The number of aliphatic carboxylic acids is 1. The summed E-state index contributed by atoms with van der Waals surface area (Å²) in [4.78, 5) is 10.2. The molecule has 0 radical (unpaired) electrons. The minimum Gasteiger partial charge on any atom is -0.481 e. The zero-order chi connectivity index (χ0) is 10.4. The quantitative estimate of drug-likeness (QED) is 0.721. The molecule has 0 spiro atoms. The van der Waals surface area contributed by atoms with Crippen LogP contribution in [0.4, 0.5) is 0 Å². The molecule has 1 unspecified atom stereocenters. The Morgan fingerprint density at radius 2 is 2.00 bits per heavy atom. The summed E-state index contributed by atoms with van der Waals surface area (Å²) in [7, 11) is -1.64. The highest BCUT2D eigenvalue weighted by Gasteiger charge is 2.33. The summed E-state index contributed by atoms with van der Waals surface area (Å²) in [6.07, 6.45) is 5.31. The van der Waals surface area contributed by atoms with Crippen LogP contribution < -0.4 is 0 Å². The summed E-state index contributed by atoms with van der Waals surface area (Å²) in [5.74, 6) is -0.906. The number of carbonyl (C=O) groups is 1. The normalized spacial score (nSPS) is 19.3. The largest absolute Gasteiger partial charge is 0.511 e. The Morgan fingerprint density at radius 3 is 2.57 bits per heavy atom. The molecule has 0 heterocycles. The van der Waals surface area contributed by atoms with Crippen molar-refractivity contribution in [2.75, 3.05) is 6.61 Å². The van der Waals surface area contributed by atoms with Crippen molar-refractivity contribution in [2.24, 2.45) is 0 Å². The summed E-state index contributed by atoms with van der Waals surface area (Å²) in [5, 5.41) is 8.36. The molecule has 1 fully saturated rings. The van der Waals surface area contributed by atoms with Crippen molar-refractivity contribution in [3.8, 4) is 0 Å².